The zero-order valence-corrected chi connectivity index (χ0v) is 12.2. The Morgan fingerprint density at radius 2 is 1.89 bits per heavy atom. The summed E-state index contributed by atoms with van der Waals surface area (Å²) in [5.41, 5.74) is 2.67. The van der Waals surface area contributed by atoms with Crippen molar-refractivity contribution in [3.63, 3.8) is 0 Å². The molecule has 0 spiro atoms. The Hall–Kier alpha value is -1.20. The first-order valence-electron chi connectivity index (χ1n) is 5.24. The van der Waals surface area contributed by atoms with Crippen molar-refractivity contribution in [2.75, 3.05) is 0 Å². The third-order valence-corrected chi connectivity index (χ3v) is 3.74. The second-order valence-electron chi connectivity index (χ2n) is 3.88. The zero-order chi connectivity index (χ0) is 12.7. The van der Waals surface area contributed by atoms with Crippen molar-refractivity contribution in [1.29, 1.82) is 0 Å². The molecular weight excluding hydrogens is 363 g/mol. The predicted molar refractivity (Wildman–Crippen MR) is 76.9 cm³/mol. The van der Waals surface area contributed by atoms with Crippen molar-refractivity contribution >= 4 is 42.9 Å². The number of fused-ring (bicyclic) bond motifs is 1. The Balaban J connectivity index is 2.16. The molecule has 2 nitrogen and oxygen atoms in total. The van der Waals surface area contributed by atoms with Crippen LogP contribution in [0.3, 0.4) is 0 Å². The molecule has 3 rings (SSSR count). The lowest BCUT2D eigenvalue weighted by molar-refractivity contribution is 0.621. The van der Waals surface area contributed by atoms with Crippen molar-refractivity contribution in [3.8, 4) is 11.4 Å². The van der Waals surface area contributed by atoms with Gasteiger partial charge in [-0.1, -0.05) is 15.9 Å². The molecule has 3 aromatic rings. The highest BCUT2D eigenvalue weighted by molar-refractivity contribution is 9.10. The van der Waals surface area contributed by atoms with E-state index in [0.29, 0.717) is 4.47 Å². The molecule has 2 aromatic carbocycles. The molecule has 0 aliphatic heterocycles. The van der Waals surface area contributed by atoms with Gasteiger partial charge in [0.2, 0.25) is 0 Å². The number of aromatic amines is 1. The van der Waals surface area contributed by atoms with Crippen LogP contribution in [0.1, 0.15) is 0 Å². The molecule has 1 N–H and O–H groups in total. The van der Waals surface area contributed by atoms with E-state index in [0.717, 1.165) is 26.9 Å². The van der Waals surface area contributed by atoms with E-state index in [-0.39, 0.29) is 5.82 Å². The van der Waals surface area contributed by atoms with E-state index >= 15 is 0 Å². The van der Waals surface area contributed by atoms with Gasteiger partial charge in [-0.15, -0.1) is 0 Å². The number of benzene rings is 2. The molecule has 1 heterocycles. The lowest BCUT2D eigenvalue weighted by Gasteiger charge is -1.98. The number of rotatable bonds is 1. The van der Waals surface area contributed by atoms with Crippen molar-refractivity contribution < 1.29 is 4.39 Å². The first kappa shape index (κ1) is 11.9. The summed E-state index contributed by atoms with van der Waals surface area (Å²) < 4.78 is 14.6. The van der Waals surface area contributed by atoms with Gasteiger partial charge in [-0.2, -0.15) is 0 Å². The number of imidazole rings is 1. The van der Waals surface area contributed by atoms with E-state index in [2.05, 4.69) is 41.8 Å². The predicted octanol–water partition coefficient (Wildman–Crippen LogP) is 4.89. The summed E-state index contributed by atoms with van der Waals surface area (Å²) in [4.78, 5) is 7.69. The fourth-order valence-corrected chi connectivity index (χ4v) is 2.50. The van der Waals surface area contributed by atoms with E-state index in [1.165, 1.54) is 6.07 Å². The molecule has 0 aliphatic rings. The maximum Gasteiger partial charge on any atom is 0.138 e. The number of halogens is 3. The Morgan fingerprint density at radius 3 is 2.67 bits per heavy atom. The van der Waals surface area contributed by atoms with Crippen LogP contribution < -0.4 is 0 Å². The monoisotopic (exact) mass is 368 g/mol. The van der Waals surface area contributed by atoms with Gasteiger partial charge in [0.1, 0.15) is 11.6 Å². The normalized spacial score (nSPS) is 11.1. The molecule has 90 valence electrons. The van der Waals surface area contributed by atoms with Gasteiger partial charge in [0.05, 0.1) is 15.5 Å². The Kier molecular flexibility index (Phi) is 2.95. The van der Waals surface area contributed by atoms with Gasteiger partial charge >= 0.3 is 0 Å². The van der Waals surface area contributed by atoms with Gasteiger partial charge in [0.15, 0.2) is 0 Å². The Morgan fingerprint density at radius 1 is 1.06 bits per heavy atom. The summed E-state index contributed by atoms with van der Waals surface area (Å²) in [6.07, 6.45) is 0. The lowest BCUT2D eigenvalue weighted by atomic mass is 10.2. The number of aromatic nitrogens is 2. The molecule has 0 fully saturated rings. The summed E-state index contributed by atoms with van der Waals surface area (Å²) in [6, 6.07) is 10.7. The number of nitrogens with one attached hydrogen (secondary N) is 1. The second kappa shape index (κ2) is 4.48. The van der Waals surface area contributed by atoms with Crippen LogP contribution in [0.4, 0.5) is 4.39 Å². The van der Waals surface area contributed by atoms with E-state index in [9.17, 15) is 4.39 Å². The standard InChI is InChI=1S/C13H7Br2FN2/c14-8-2-4-11-12(6-8)18-13(17-11)7-1-3-10(16)9(15)5-7/h1-6H,(H,17,18). The molecule has 18 heavy (non-hydrogen) atoms. The smallest absolute Gasteiger partial charge is 0.138 e. The highest BCUT2D eigenvalue weighted by Crippen LogP contribution is 2.26. The van der Waals surface area contributed by atoms with Gasteiger partial charge in [0, 0.05) is 10.0 Å². The van der Waals surface area contributed by atoms with Crippen LogP contribution in [-0.2, 0) is 0 Å². The van der Waals surface area contributed by atoms with Crippen molar-refractivity contribution in [2.24, 2.45) is 0 Å². The molecule has 0 bridgehead atoms. The second-order valence-corrected chi connectivity index (χ2v) is 5.65. The quantitative estimate of drug-likeness (QED) is 0.649. The van der Waals surface area contributed by atoms with Crippen molar-refractivity contribution in [1.82, 2.24) is 9.97 Å². The van der Waals surface area contributed by atoms with Crippen molar-refractivity contribution in [3.05, 3.63) is 51.2 Å². The first-order valence-corrected chi connectivity index (χ1v) is 6.83. The number of hydrogen-bond acceptors (Lipinski definition) is 1. The maximum absolute atomic E-state index is 13.2. The van der Waals surface area contributed by atoms with Gasteiger partial charge in [-0.25, -0.2) is 9.37 Å². The van der Waals surface area contributed by atoms with Gasteiger partial charge < -0.3 is 4.98 Å². The van der Waals surface area contributed by atoms with Crippen LogP contribution in [0.25, 0.3) is 22.4 Å². The minimum atomic E-state index is -0.280. The SMILES string of the molecule is Fc1ccc(-c2nc3ccc(Br)cc3[nH]2)cc1Br. The molecule has 0 saturated heterocycles. The zero-order valence-electron chi connectivity index (χ0n) is 9.05. The van der Waals surface area contributed by atoms with Crippen molar-refractivity contribution in [2.45, 2.75) is 0 Å². The summed E-state index contributed by atoms with van der Waals surface area (Å²) in [5, 5.41) is 0. The van der Waals surface area contributed by atoms with E-state index in [1.807, 2.05) is 18.2 Å². The van der Waals surface area contributed by atoms with Crippen LogP contribution in [0.15, 0.2) is 45.3 Å². The third kappa shape index (κ3) is 2.08. The maximum atomic E-state index is 13.2. The first-order chi connectivity index (χ1) is 8.63. The van der Waals surface area contributed by atoms with Gasteiger partial charge in [-0.05, 0) is 52.3 Å². The average molecular weight is 370 g/mol. The number of H-pyrrole nitrogens is 1. The minimum Gasteiger partial charge on any atom is -0.338 e. The van der Waals surface area contributed by atoms with E-state index in [1.54, 1.807) is 12.1 Å². The molecule has 0 saturated carbocycles. The topological polar surface area (TPSA) is 28.7 Å². The molecular formula is C13H7Br2FN2. The molecule has 0 radical (unpaired) electrons. The van der Waals surface area contributed by atoms with E-state index in [4.69, 9.17) is 0 Å². The lowest BCUT2D eigenvalue weighted by Crippen LogP contribution is -1.83. The van der Waals surface area contributed by atoms with Crippen LogP contribution in [0, 0.1) is 5.82 Å². The highest BCUT2D eigenvalue weighted by atomic mass is 79.9. The molecule has 5 heteroatoms. The van der Waals surface area contributed by atoms with Crippen LogP contribution in [-0.4, -0.2) is 9.97 Å². The minimum absolute atomic E-state index is 0.280. The summed E-state index contributed by atoms with van der Waals surface area (Å²) in [6.45, 7) is 0. The molecule has 1 aromatic heterocycles. The third-order valence-electron chi connectivity index (χ3n) is 2.64. The van der Waals surface area contributed by atoms with Crippen LogP contribution in [0.2, 0.25) is 0 Å². The number of hydrogen-bond donors (Lipinski definition) is 1. The molecule has 0 atom stereocenters. The summed E-state index contributed by atoms with van der Waals surface area (Å²) >= 11 is 6.59. The fraction of sp³-hybridized carbons (Fsp3) is 0. The molecule has 0 amide bonds. The molecule has 0 unspecified atom stereocenters. The Bertz CT molecular complexity index is 737. The Labute approximate surface area is 119 Å². The van der Waals surface area contributed by atoms with Gasteiger partial charge in [0.25, 0.3) is 0 Å². The van der Waals surface area contributed by atoms with E-state index < -0.39 is 0 Å². The van der Waals surface area contributed by atoms with Gasteiger partial charge in [-0.3, -0.25) is 0 Å². The van der Waals surface area contributed by atoms with Crippen LogP contribution >= 0.6 is 31.9 Å². The molecule has 0 aliphatic carbocycles. The number of nitrogens with zero attached hydrogens (tertiary/aromatic N) is 1. The fourth-order valence-electron chi connectivity index (χ4n) is 1.76. The summed E-state index contributed by atoms with van der Waals surface area (Å²) in [5.74, 6) is 0.446. The van der Waals surface area contributed by atoms with Crippen LogP contribution in [0.5, 0.6) is 0 Å². The largest absolute Gasteiger partial charge is 0.338 e. The highest BCUT2D eigenvalue weighted by Gasteiger charge is 2.07. The summed E-state index contributed by atoms with van der Waals surface area (Å²) in [7, 11) is 0. The average Bonchev–Trinajstić information content (AvgIpc) is 2.75.